The summed E-state index contributed by atoms with van der Waals surface area (Å²) in [4.78, 5) is 4.26. The number of guanidine groups is 1. The van der Waals surface area contributed by atoms with E-state index in [-0.39, 0.29) is 30.1 Å². The Kier molecular flexibility index (Phi) is 13.3. The fourth-order valence-electron chi connectivity index (χ4n) is 2.85. The summed E-state index contributed by atoms with van der Waals surface area (Å²) in [7, 11) is 3.50. The number of hydrogen-bond acceptors (Lipinski definition) is 4. The van der Waals surface area contributed by atoms with E-state index in [0.717, 1.165) is 76.7 Å². The van der Waals surface area contributed by atoms with Crippen molar-refractivity contribution in [2.45, 2.75) is 38.2 Å². The predicted molar refractivity (Wildman–Crippen MR) is 121 cm³/mol. The van der Waals surface area contributed by atoms with Gasteiger partial charge in [0.2, 0.25) is 0 Å². The molecule has 1 aliphatic rings. The molecule has 1 aromatic rings. The Balaban J connectivity index is 0.00000364. The molecule has 0 radical (unpaired) electrons. The van der Waals surface area contributed by atoms with Crippen LogP contribution in [0.4, 0.5) is 0 Å². The van der Waals surface area contributed by atoms with Gasteiger partial charge in [-0.1, -0.05) is 12.1 Å². The molecule has 0 amide bonds. The zero-order chi connectivity index (χ0) is 18.5. The maximum atomic E-state index is 5.75. The summed E-state index contributed by atoms with van der Waals surface area (Å²) in [6.45, 7) is 4.12. The number of rotatable bonds is 11. The second kappa shape index (κ2) is 14.9. The highest BCUT2D eigenvalue weighted by molar-refractivity contribution is 14.0. The SMILES string of the molecule is CN=C(NCCCCc1ccc(OC)cc1)NCCCOC1CCOC1.I. The molecule has 6 nitrogen and oxygen atoms in total. The Morgan fingerprint density at radius 3 is 2.52 bits per heavy atom. The van der Waals surface area contributed by atoms with E-state index >= 15 is 0 Å². The van der Waals surface area contributed by atoms with Crippen molar-refractivity contribution in [1.29, 1.82) is 0 Å². The lowest BCUT2D eigenvalue weighted by Gasteiger charge is -2.13. The van der Waals surface area contributed by atoms with E-state index in [1.54, 1.807) is 14.2 Å². The molecule has 1 fully saturated rings. The van der Waals surface area contributed by atoms with Gasteiger partial charge in [0.25, 0.3) is 0 Å². The second-order valence-electron chi connectivity index (χ2n) is 6.44. The van der Waals surface area contributed by atoms with E-state index in [2.05, 4.69) is 27.8 Å². The number of nitrogens with zero attached hydrogens (tertiary/aromatic N) is 1. The third-order valence-corrected chi connectivity index (χ3v) is 4.42. The van der Waals surface area contributed by atoms with Crippen LogP contribution in [0.2, 0.25) is 0 Å². The first-order valence-electron chi connectivity index (χ1n) is 9.58. The molecule has 27 heavy (non-hydrogen) atoms. The Bertz CT molecular complexity index is 520. The number of nitrogens with one attached hydrogen (secondary N) is 2. The molecule has 0 aromatic heterocycles. The van der Waals surface area contributed by atoms with Crippen molar-refractivity contribution >= 4 is 29.9 Å². The number of benzene rings is 1. The van der Waals surface area contributed by atoms with Crippen molar-refractivity contribution in [3.8, 4) is 5.75 Å². The molecule has 1 heterocycles. The van der Waals surface area contributed by atoms with Gasteiger partial charge < -0.3 is 24.8 Å². The van der Waals surface area contributed by atoms with Gasteiger partial charge in [0.15, 0.2) is 5.96 Å². The Hall–Kier alpha value is -1.06. The standard InChI is InChI=1S/C20H33N3O3.HI/c1-21-20(23-13-5-14-26-19-11-15-25-16-19)22-12-4-3-6-17-7-9-18(24-2)10-8-17;/h7-10,19H,3-6,11-16H2,1-2H3,(H2,21,22,23);1H. The van der Waals surface area contributed by atoms with Gasteiger partial charge in [-0.25, -0.2) is 0 Å². The summed E-state index contributed by atoms with van der Waals surface area (Å²) in [5.41, 5.74) is 1.35. The van der Waals surface area contributed by atoms with Gasteiger partial charge in [-0.3, -0.25) is 4.99 Å². The minimum absolute atomic E-state index is 0. The Morgan fingerprint density at radius 1 is 1.15 bits per heavy atom. The summed E-state index contributed by atoms with van der Waals surface area (Å²) < 4.78 is 16.2. The van der Waals surface area contributed by atoms with Crippen LogP contribution in [0.3, 0.4) is 0 Å². The van der Waals surface area contributed by atoms with Crippen LogP contribution in [-0.2, 0) is 15.9 Å². The van der Waals surface area contributed by atoms with Crippen molar-refractivity contribution < 1.29 is 14.2 Å². The molecule has 2 rings (SSSR count). The number of aryl methyl sites for hydroxylation is 1. The molecule has 1 unspecified atom stereocenters. The predicted octanol–water partition coefficient (Wildman–Crippen LogP) is 3.00. The van der Waals surface area contributed by atoms with Crippen LogP contribution >= 0.6 is 24.0 Å². The topological polar surface area (TPSA) is 64.1 Å². The maximum Gasteiger partial charge on any atom is 0.190 e. The van der Waals surface area contributed by atoms with Gasteiger partial charge in [-0.05, 0) is 49.8 Å². The number of halogens is 1. The molecular formula is C20H34IN3O3. The summed E-state index contributed by atoms with van der Waals surface area (Å²) in [5.74, 6) is 1.77. The van der Waals surface area contributed by atoms with Crippen molar-refractivity contribution in [2.24, 2.45) is 4.99 Å². The quantitative estimate of drug-likeness (QED) is 0.216. The minimum Gasteiger partial charge on any atom is -0.497 e. The third-order valence-electron chi connectivity index (χ3n) is 4.42. The molecule has 1 saturated heterocycles. The fraction of sp³-hybridized carbons (Fsp3) is 0.650. The maximum absolute atomic E-state index is 5.75. The average molecular weight is 491 g/mol. The van der Waals surface area contributed by atoms with Crippen LogP contribution in [0, 0.1) is 0 Å². The van der Waals surface area contributed by atoms with E-state index < -0.39 is 0 Å². The molecule has 0 bridgehead atoms. The Labute approximate surface area is 180 Å². The van der Waals surface area contributed by atoms with Crippen LogP contribution < -0.4 is 15.4 Å². The van der Waals surface area contributed by atoms with Gasteiger partial charge in [0, 0.05) is 33.4 Å². The van der Waals surface area contributed by atoms with E-state index in [0.29, 0.717) is 0 Å². The first kappa shape index (κ1) is 24.0. The zero-order valence-electron chi connectivity index (χ0n) is 16.5. The van der Waals surface area contributed by atoms with Gasteiger partial charge in [0.05, 0.1) is 19.8 Å². The summed E-state index contributed by atoms with van der Waals surface area (Å²) in [6.07, 6.45) is 5.62. The third kappa shape index (κ3) is 10.2. The summed E-state index contributed by atoms with van der Waals surface area (Å²) in [6, 6.07) is 8.30. The molecule has 0 saturated carbocycles. The molecule has 2 N–H and O–H groups in total. The number of ether oxygens (including phenoxy) is 3. The van der Waals surface area contributed by atoms with Gasteiger partial charge in [-0.2, -0.15) is 0 Å². The first-order valence-corrected chi connectivity index (χ1v) is 9.58. The first-order chi connectivity index (χ1) is 12.8. The molecule has 0 aliphatic carbocycles. The lowest BCUT2D eigenvalue weighted by Crippen LogP contribution is -2.38. The monoisotopic (exact) mass is 491 g/mol. The van der Waals surface area contributed by atoms with E-state index in [4.69, 9.17) is 14.2 Å². The average Bonchev–Trinajstić information content (AvgIpc) is 3.20. The second-order valence-corrected chi connectivity index (χ2v) is 6.44. The molecular weight excluding hydrogens is 457 g/mol. The van der Waals surface area contributed by atoms with Crippen molar-refractivity contribution in [3.63, 3.8) is 0 Å². The number of methoxy groups -OCH3 is 1. The zero-order valence-corrected chi connectivity index (χ0v) is 18.9. The lowest BCUT2D eigenvalue weighted by molar-refractivity contribution is 0.0420. The smallest absolute Gasteiger partial charge is 0.190 e. The molecule has 0 spiro atoms. The normalized spacial score (nSPS) is 16.7. The number of aliphatic imine (C=N–C) groups is 1. The van der Waals surface area contributed by atoms with Crippen LogP contribution in [0.1, 0.15) is 31.2 Å². The van der Waals surface area contributed by atoms with Crippen molar-refractivity contribution in [1.82, 2.24) is 10.6 Å². The van der Waals surface area contributed by atoms with E-state index in [1.165, 1.54) is 5.56 Å². The number of hydrogen-bond donors (Lipinski definition) is 2. The van der Waals surface area contributed by atoms with Gasteiger partial charge in [-0.15, -0.1) is 24.0 Å². The highest BCUT2D eigenvalue weighted by Crippen LogP contribution is 2.13. The highest BCUT2D eigenvalue weighted by atomic mass is 127. The molecule has 154 valence electrons. The minimum atomic E-state index is 0. The van der Waals surface area contributed by atoms with Crippen LogP contribution in [0.25, 0.3) is 0 Å². The lowest BCUT2D eigenvalue weighted by atomic mass is 10.1. The molecule has 1 atom stereocenters. The van der Waals surface area contributed by atoms with Crippen molar-refractivity contribution in [2.75, 3.05) is 47.1 Å². The summed E-state index contributed by atoms with van der Waals surface area (Å²) >= 11 is 0. The highest BCUT2D eigenvalue weighted by Gasteiger charge is 2.15. The van der Waals surface area contributed by atoms with Gasteiger partial charge in [0.1, 0.15) is 5.75 Å². The van der Waals surface area contributed by atoms with Crippen molar-refractivity contribution in [3.05, 3.63) is 29.8 Å². The fourth-order valence-corrected chi connectivity index (χ4v) is 2.85. The van der Waals surface area contributed by atoms with Crippen LogP contribution in [0.15, 0.2) is 29.3 Å². The van der Waals surface area contributed by atoms with E-state index in [1.807, 2.05) is 12.1 Å². The summed E-state index contributed by atoms with van der Waals surface area (Å²) in [5, 5.41) is 6.69. The number of unbranched alkanes of at least 4 members (excludes halogenated alkanes) is 1. The largest absolute Gasteiger partial charge is 0.497 e. The van der Waals surface area contributed by atoms with Crippen LogP contribution in [0.5, 0.6) is 5.75 Å². The van der Waals surface area contributed by atoms with Crippen LogP contribution in [-0.4, -0.2) is 59.1 Å². The van der Waals surface area contributed by atoms with Gasteiger partial charge >= 0.3 is 0 Å². The molecule has 1 aromatic carbocycles. The molecule has 7 heteroatoms. The molecule has 1 aliphatic heterocycles. The Morgan fingerprint density at radius 2 is 1.89 bits per heavy atom. The van der Waals surface area contributed by atoms with E-state index in [9.17, 15) is 0 Å².